The predicted octanol–water partition coefficient (Wildman–Crippen LogP) is 1.36. The Balaban J connectivity index is 2.52. The first-order valence-corrected chi connectivity index (χ1v) is 5.80. The predicted molar refractivity (Wildman–Crippen MR) is 70.1 cm³/mol. The van der Waals surface area contributed by atoms with Crippen molar-refractivity contribution in [1.82, 2.24) is 4.90 Å². The van der Waals surface area contributed by atoms with Gasteiger partial charge in [-0.15, -0.1) is 0 Å². The summed E-state index contributed by atoms with van der Waals surface area (Å²) in [6, 6.07) is 5.44. The van der Waals surface area contributed by atoms with Crippen LogP contribution in [-0.4, -0.2) is 43.4 Å². The van der Waals surface area contributed by atoms with Crippen molar-refractivity contribution in [2.24, 2.45) is 0 Å². The van der Waals surface area contributed by atoms with Gasteiger partial charge in [-0.3, -0.25) is 4.90 Å². The molecule has 1 rings (SSSR count). The molecule has 0 radical (unpaired) electrons. The Kier molecular flexibility index (Phi) is 5.71. The molecule has 0 fully saturated rings. The second-order valence-electron chi connectivity index (χ2n) is 4.15. The molecule has 0 bridgehead atoms. The Hall–Kier alpha value is -0.810. The van der Waals surface area contributed by atoms with Gasteiger partial charge >= 0.3 is 0 Å². The standard InChI is InChI=1S/C12H19ClN2O2/c1-15(7-11(16)8-17-2)6-9-3-4-10(13)5-12(9)14/h3-5,11,16H,6-8,14H2,1-2H3. The molecule has 0 amide bonds. The summed E-state index contributed by atoms with van der Waals surface area (Å²) in [6.07, 6.45) is -0.487. The fraction of sp³-hybridized carbons (Fsp3) is 0.500. The van der Waals surface area contributed by atoms with Crippen molar-refractivity contribution in [3.05, 3.63) is 28.8 Å². The molecular formula is C12H19ClN2O2. The number of ether oxygens (including phenoxy) is 1. The van der Waals surface area contributed by atoms with Crippen molar-refractivity contribution >= 4 is 17.3 Å². The maximum absolute atomic E-state index is 9.59. The third-order valence-corrected chi connectivity index (χ3v) is 2.66. The number of halogens is 1. The third kappa shape index (κ3) is 4.91. The molecule has 0 aliphatic rings. The highest BCUT2D eigenvalue weighted by molar-refractivity contribution is 6.30. The number of anilines is 1. The van der Waals surface area contributed by atoms with E-state index in [2.05, 4.69) is 0 Å². The van der Waals surface area contributed by atoms with Crippen molar-refractivity contribution in [2.75, 3.05) is 33.0 Å². The number of nitrogens with zero attached hydrogens (tertiary/aromatic N) is 1. The van der Waals surface area contributed by atoms with Gasteiger partial charge in [-0.25, -0.2) is 0 Å². The van der Waals surface area contributed by atoms with Gasteiger partial charge in [-0.2, -0.15) is 0 Å². The smallest absolute Gasteiger partial charge is 0.0900 e. The fourth-order valence-electron chi connectivity index (χ4n) is 1.67. The summed E-state index contributed by atoms with van der Waals surface area (Å²) in [6.45, 7) is 1.54. The van der Waals surface area contributed by atoms with Crippen LogP contribution in [0.2, 0.25) is 5.02 Å². The Bertz CT molecular complexity index is 360. The van der Waals surface area contributed by atoms with Crippen LogP contribution in [0.15, 0.2) is 18.2 Å². The Morgan fingerprint density at radius 2 is 2.24 bits per heavy atom. The molecular weight excluding hydrogens is 240 g/mol. The van der Waals surface area contributed by atoms with Gasteiger partial charge in [-0.1, -0.05) is 17.7 Å². The van der Waals surface area contributed by atoms with Crippen LogP contribution >= 0.6 is 11.6 Å². The van der Waals surface area contributed by atoms with E-state index in [9.17, 15) is 5.11 Å². The quantitative estimate of drug-likeness (QED) is 0.757. The third-order valence-electron chi connectivity index (χ3n) is 2.43. The zero-order valence-electron chi connectivity index (χ0n) is 10.2. The highest BCUT2D eigenvalue weighted by Crippen LogP contribution is 2.19. The summed E-state index contributed by atoms with van der Waals surface area (Å²) >= 11 is 5.83. The summed E-state index contributed by atoms with van der Waals surface area (Å²) in [5, 5.41) is 10.2. The van der Waals surface area contributed by atoms with Crippen LogP contribution < -0.4 is 5.73 Å². The molecule has 0 heterocycles. The van der Waals surface area contributed by atoms with Crippen LogP contribution in [0, 0.1) is 0 Å². The average Bonchev–Trinajstić information content (AvgIpc) is 2.22. The molecule has 0 aliphatic heterocycles. The maximum Gasteiger partial charge on any atom is 0.0900 e. The first-order chi connectivity index (χ1) is 8.02. The molecule has 1 unspecified atom stereocenters. The molecule has 96 valence electrons. The van der Waals surface area contributed by atoms with Crippen molar-refractivity contribution < 1.29 is 9.84 Å². The second kappa shape index (κ2) is 6.81. The fourth-order valence-corrected chi connectivity index (χ4v) is 1.85. The maximum atomic E-state index is 9.59. The van der Waals surface area contributed by atoms with Gasteiger partial charge in [0.1, 0.15) is 0 Å². The van der Waals surface area contributed by atoms with Crippen molar-refractivity contribution in [3.63, 3.8) is 0 Å². The summed E-state index contributed by atoms with van der Waals surface area (Å²) in [7, 11) is 3.49. The number of aliphatic hydroxyl groups is 1. The molecule has 0 saturated carbocycles. The number of aliphatic hydroxyl groups excluding tert-OH is 1. The first-order valence-electron chi connectivity index (χ1n) is 5.42. The normalized spacial score (nSPS) is 13.0. The Morgan fingerprint density at radius 1 is 1.53 bits per heavy atom. The van der Waals surface area contributed by atoms with Crippen molar-refractivity contribution in [1.29, 1.82) is 0 Å². The van der Waals surface area contributed by atoms with Crippen molar-refractivity contribution in [3.8, 4) is 0 Å². The van der Waals surface area contributed by atoms with Crippen LogP contribution in [-0.2, 0) is 11.3 Å². The molecule has 17 heavy (non-hydrogen) atoms. The number of nitrogen functional groups attached to an aromatic ring is 1. The largest absolute Gasteiger partial charge is 0.398 e. The molecule has 0 saturated heterocycles. The number of hydrogen-bond donors (Lipinski definition) is 2. The van der Waals surface area contributed by atoms with E-state index in [1.54, 1.807) is 13.2 Å². The number of benzene rings is 1. The van der Waals surface area contributed by atoms with Gasteiger partial charge in [0, 0.05) is 30.9 Å². The summed E-state index contributed by atoms with van der Waals surface area (Å²) < 4.78 is 4.88. The van der Waals surface area contributed by atoms with E-state index >= 15 is 0 Å². The SMILES string of the molecule is COCC(O)CN(C)Cc1ccc(Cl)cc1N. The van der Waals surface area contributed by atoms with E-state index in [1.807, 2.05) is 24.1 Å². The number of rotatable bonds is 6. The molecule has 0 aromatic heterocycles. The number of nitrogens with two attached hydrogens (primary N) is 1. The van der Waals surface area contributed by atoms with E-state index in [4.69, 9.17) is 22.1 Å². The van der Waals surface area contributed by atoms with Gasteiger partial charge in [0.25, 0.3) is 0 Å². The molecule has 0 spiro atoms. The molecule has 5 heteroatoms. The monoisotopic (exact) mass is 258 g/mol. The van der Waals surface area contributed by atoms with Gasteiger partial charge in [0.05, 0.1) is 12.7 Å². The minimum absolute atomic E-state index is 0.334. The Labute approximate surface area is 107 Å². The topological polar surface area (TPSA) is 58.7 Å². The van der Waals surface area contributed by atoms with E-state index < -0.39 is 6.10 Å². The second-order valence-corrected chi connectivity index (χ2v) is 4.59. The first kappa shape index (κ1) is 14.3. The zero-order valence-corrected chi connectivity index (χ0v) is 10.9. The minimum Gasteiger partial charge on any atom is -0.398 e. The van der Waals surface area contributed by atoms with Crippen LogP contribution in [0.5, 0.6) is 0 Å². The number of hydrogen-bond acceptors (Lipinski definition) is 4. The molecule has 3 N–H and O–H groups in total. The molecule has 1 aromatic rings. The minimum atomic E-state index is -0.487. The zero-order chi connectivity index (χ0) is 12.8. The summed E-state index contributed by atoms with van der Waals surface area (Å²) in [5.74, 6) is 0. The van der Waals surface area contributed by atoms with Gasteiger partial charge in [-0.05, 0) is 24.7 Å². The molecule has 4 nitrogen and oxygen atoms in total. The summed E-state index contributed by atoms with van der Waals surface area (Å²) in [4.78, 5) is 1.99. The van der Waals surface area contributed by atoms with Crippen LogP contribution in [0.3, 0.4) is 0 Å². The van der Waals surface area contributed by atoms with Crippen LogP contribution in [0.1, 0.15) is 5.56 Å². The highest BCUT2D eigenvalue weighted by atomic mass is 35.5. The lowest BCUT2D eigenvalue weighted by Gasteiger charge is -2.20. The van der Waals surface area contributed by atoms with Crippen LogP contribution in [0.25, 0.3) is 0 Å². The lowest BCUT2D eigenvalue weighted by atomic mass is 10.1. The molecule has 1 aromatic carbocycles. The van der Waals surface area contributed by atoms with Crippen LogP contribution in [0.4, 0.5) is 5.69 Å². The van der Waals surface area contributed by atoms with Gasteiger partial charge < -0.3 is 15.6 Å². The average molecular weight is 259 g/mol. The van der Waals surface area contributed by atoms with E-state index in [0.717, 1.165) is 5.56 Å². The lowest BCUT2D eigenvalue weighted by Crippen LogP contribution is -2.31. The Morgan fingerprint density at radius 3 is 2.82 bits per heavy atom. The lowest BCUT2D eigenvalue weighted by molar-refractivity contribution is 0.0419. The van der Waals surface area contributed by atoms with E-state index in [-0.39, 0.29) is 0 Å². The number of methoxy groups -OCH3 is 1. The van der Waals surface area contributed by atoms with Gasteiger partial charge in [0.2, 0.25) is 0 Å². The van der Waals surface area contributed by atoms with Gasteiger partial charge in [0.15, 0.2) is 0 Å². The molecule has 1 atom stereocenters. The highest BCUT2D eigenvalue weighted by Gasteiger charge is 2.09. The van der Waals surface area contributed by atoms with E-state index in [1.165, 1.54) is 0 Å². The summed E-state index contributed by atoms with van der Waals surface area (Å²) in [5.41, 5.74) is 7.53. The number of likely N-dealkylation sites (N-methyl/N-ethyl adjacent to an activating group) is 1. The van der Waals surface area contributed by atoms with E-state index in [0.29, 0.717) is 30.4 Å². The van der Waals surface area contributed by atoms with Crippen molar-refractivity contribution in [2.45, 2.75) is 12.6 Å². The molecule has 0 aliphatic carbocycles.